The molecule has 2 rings (SSSR count). The number of benzene rings is 1. The van der Waals surface area contributed by atoms with E-state index in [2.05, 4.69) is 5.32 Å². The molecule has 3 nitrogen and oxygen atoms in total. The summed E-state index contributed by atoms with van der Waals surface area (Å²) < 4.78 is 0. The predicted molar refractivity (Wildman–Crippen MR) is 55.0 cm³/mol. The highest BCUT2D eigenvalue weighted by Crippen LogP contribution is 2.24. The van der Waals surface area contributed by atoms with Crippen LogP contribution in [0, 0.1) is 0 Å². The maximum atomic E-state index is 11.8. The monoisotopic (exact) mass is 190 g/mol. The van der Waals surface area contributed by atoms with E-state index in [9.17, 15) is 4.79 Å². The van der Waals surface area contributed by atoms with Crippen molar-refractivity contribution in [2.24, 2.45) is 0 Å². The van der Waals surface area contributed by atoms with Crippen molar-refractivity contribution in [2.45, 2.75) is 13.1 Å². The van der Waals surface area contributed by atoms with E-state index in [0.29, 0.717) is 0 Å². The van der Waals surface area contributed by atoms with Gasteiger partial charge in [-0.3, -0.25) is 4.79 Å². The molecular formula is C11H14N2O. The van der Waals surface area contributed by atoms with Crippen LogP contribution in [0.25, 0.3) is 0 Å². The molecule has 0 aromatic heterocycles. The predicted octanol–water partition coefficient (Wildman–Crippen LogP) is 0.992. The third-order valence-electron chi connectivity index (χ3n) is 2.57. The average Bonchev–Trinajstić information content (AvgIpc) is 2.45. The molecule has 0 bridgehead atoms. The molecule has 0 saturated heterocycles. The number of amides is 1. The van der Waals surface area contributed by atoms with Gasteiger partial charge in [-0.25, -0.2) is 0 Å². The lowest BCUT2D eigenvalue weighted by Gasteiger charge is -2.07. The fourth-order valence-corrected chi connectivity index (χ4v) is 1.92. The minimum Gasteiger partial charge on any atom is -0.337 e. The largest absolute Gasteiger partial charge is 0.337 e. The molecule has 1 amide bonds. The Labute approximate surface area is 83.7 Å². The number of nitrogens with zero attached hydrogens (tertiary/aromatic N) is 1. The molecule has 0 aliphatic carbocycles. The van der Waals surface area contributed by atoms with Gasteiger partial charge in [0.25, 0.3) is 5.91 Å². The van der Waals surface area contributed by atoms with Gasteiger partial charge in [-0.2, -0.15) is 0 Å². The van der Waals surface area contributed by atoms with Crippen LogP contribution in [0.5, 0.6) is 0 Å². The average molecular weight is 190 g/mol. The number of carbonyl (C=O) groups is 1. The van der Waals surface area contributed by atoms with Crippen LogP contribution in [-0.2, 0) is 13.1 Å². The maximum Gasteiger partial charge on any atom is 0.254 e. The van der Waals surface area contributed by atoms with Crippen LogP contribution in [0.15, 0.2) is 18.2 Å². The zero-order chi connectivity index (χ0) is 10.1. The highest BCUT2D eigenvalue weighted by Gasteiger charge is 2.26. The van der Waals surface area contributed by atoms with Crippen molar-refractivity contribution in [3.63, 3.8) is 0 Å². The Kier molecular flexibility index (Phi) is 2.25. The normalized spacial score (nSPS) is 14.7. The number of hydrogen-bond acceptors (Lipinski definition) is 2. The fourth-order valence-electron chi connectivity index (χ4n) is 1.92. The zero-order valence-electron chi connectivity index (χ0n) is 8.50. The summed E-state index contributed by atoms with van der Waals surface area (Å²) in [5.41, 5.74) is 3.13. The summed E-state index contributed by atoms with van der Waals surface area (Å²) in [7, 11) is 3.73. The van der Waals surface area contributed by atoms with Crippen LogP contribution in [0.2, 0.25) is 0 Å². The third kappa shape index (κ3) is 1.30. The molecule has 1 heterocycles. The smallest absolute Gasteiger partial charge is 0.254 e. The van der Waals surface area contributed by atoms with Gasteiger partial charge in [-0.05, 0) is 18.2 Å². The van der Waals surface area contributed by atoms with Gasteiger partial charge in [-0.1, -0.05) is 18.2 Å². The molecule has 1 aromatic carbocycles. The Morgan fingerprint density at radius 3 is 3.00 bits per heavy atom. The Bertz CT molecular complexity index is 374. The summed E-state index contributed by atoms with van der Waals surface area (Å²) >= 11 is 0. The van der Waals surface area contributed by atoms with Crippen molar-refractivity contribution >= 4 is 5.91 Å². The number of carbonyl (C=O) groups excluding carboxylic acids is 1. The minimum absolute atomic E-state index is 0.144. The summed E-state index contributed by atoms with van der Waals surface area (Å²) in [6, 6.07) is 6.04. The molecule has 14 heavy (non-hydrogen) atoms. The lowest BCUT2D eigenvalue weighted by molar-refractivity contribution is 0.0815. The van der Waals surface area contributed by atoms with Crippen molar-refractivity contribution in [3.05, 3.63) is 34.9 Å². The molecule has 74 valence electrons. The van der Waals surface area contributed by atoms with Crippen molar-refractivity contribution in [3.8, 4) is 0 Å². The van der Waals surface area contributed by atoms with Gasteiger partial charge in [0.1, 0.15) is 0 Å². The lowest BCUT2D eigenvalue weighted by Crippen LogP contribution is -2.19. The summed E-state index contributed by atoms with van der Waals surface area (Å²) in [6.07, 6.45) is 0. The molecule has 1 aliphatic heterocycles. The van der Waals surface area contributed by atoms with E-state index in [1.165, 1.54) is 0 Å². The van der Waals surface area contributed by atoms with Crippen LogP contribution in [0.4, 0.5) is 0 Å². The van der Waals surface area contributed by atoms with Gasteiger partial charge >= 0.3 is 0 Å². The Hall–Kier alpha value is -1.35. The van der Waals surface area contributed by atoms with Crippen molar-refractivity contribution in [2.75, 3.05) is 14.1 Å². The van der Waals surface area contributed by atoms with Crippen LogP contribution >= 0.6 is 0 Å². The van der Waals surface area contributed by atoms with Gasteiger partial charge in [0.2, 0.25) is 0 Å². The van der Waals surface area contributed by atoms with Crippen LogP contribution < -0.4 is 5.32 Å². The van der Waals surface area contributed by atoms with E-state index in [1.807, 2.05) is 32.3 Å². The summed E-state index contributed by atoms with van der Waals surface area (Å²) in [5.74, 6) is 0.144. The molecule has 3 heteroatoms. The second-order valence-corrected chi connectivity index (χ2v) is 3.64. The summed E-state index contributed by atoms with van der Waals surface area (Å²) in [6.45, 7) is 1.49. The van der Waals surface area contributed by atoms with E-state index in [-0.39, 0.29) is 5.91 Å². The topological polar surface area (TPSA) is 32.3 Å². The first-order chi connectivity index (χ1) is 6.74. The van der Waals surface area contributed by atoms with Gasteiger partial charge < -0.3 is 10.2 Å². The van der Waals surface area contributed by atoms with Gasteiger partial charge in [0, 0.05) is 25.7 Å². The first-order valence-electron chi connectivity index (χ1n) is 4.75. The molecule has 0 atom stereocenters. The van der Waals surface area contributed by atoms with Crippen molar-refractivity contribution in [1.82, 2.24) is 10.2 Å². The third-order valence-corrected chi connectivity index (χ3v) is 2.57. The van der Waals surface area contributed by atoms with E-state index in [4.69, 9.17) is 0 Å². The Balaban J connectivity index is 2.47. The Morgan fingerprint density at radius 1 is 1.50 bits per heavy atom. The fraction of sp³-hybridized carbons (Fsp3) is 0.364. The van der Waals surface area contributed by atoms with Crippen molar-refractivity contribution in [1.29, 1.82) is 0 Å². The molecular weight excluding hydrogens is 176 g/mol. The molecule has 0 saturated carbocycles. The minimum atomic E-state index is 0.144. The lowest BCUT2D eigenvalue weighted by atomic mass is 10.0. The molecule has 0 fully saturated rings. The standard InChI is InChI=1S/C11H14N2O/c1-12-6-8-4-3-5-9-7-13(2)11(14)10(8)9/h3-5,12H,6-7H2,1-2H3. The van der Waals surface area contributed by atoms with Gasteiger partial charge in [0.05, 0.1) is 0 Å². The van der Waals surface area contributed by atoms with Crippen LogP contribution in [0.1, 0.15) is 21.5 Å². The first-order valence-corrected chi connectivity index (χ1v) is 4.75. The zero-order valence-corrected chi connectivity index (χ0v) is 8.50. The Morgan fingerprint density at radius 2 is 2.29 bits per heavy atom. The molecule has 1 aliphatic rings. The van der Waals surface area contributed by atoms with Crippen LogP contribution in [-0.4, -0.2) is 24.9 Å². The van der Waals surface area contributed by atoms with E-state index in [0.717, 1.165) is 29.8 Å². The summed E-state index contributed by atoms with van der Waals surface area (Å²) in [5, 5.41) is 3.08. The number of rotatable bonds is 2. The number of nitrogens with one attached hydrogen (secondary N) is 1. The molecule has 1 aromatic rings. The first kappa shape index (κ1) is 9.21. The molecule has 0 unspecified atom stereocenters. The highest BCUT2D eigenvalue weighted by atomic mass is 16.2. The van der Waals surface area contributed by atoms with Gasteiger partial charge in [-0.15, -0.1) is 0 Å². The SMILES string of the molecule is CNCc1cccc2c1C(=O)N(C)C2. The molecule has 0 radical (unpaired) electrons. The van der Waals surface area contributed by atoms with Crippen LogP contribution in [0.3, 0.4) is 0 Å². The van der Waals surface area contributed by atoms with Gasteiger partial charge in [0.15, 0.2) is 0 Å². The van der Waals surface area contributed by atoms with E-state index >= 15 is 0 Å². The summed E-state index contributed by atoms with van der Waals surface area (Å²) in [4.78, 5) is 13.5. The second-order valence-electron chi connectivity index (χ2n) is 3.64. The second kappa shape index (κ2) is 3.42. The quantitative estimate of drug-likeness (QED) is 0.754. The van der Waals surface area contributed by atoms with Crippen molar-refractivity contribution < 1.29 is 4.79 Å². The highest BCUT2D eigenvalue weighted by molar-refractivity contribution is 5.99. The number of hydrogen-bond donors (Lipinski definition) is 1. The van der Waals surface area contributed by atoms with E-state index < -0.39 is 0 Å². The number of fused-ring (bicyclic) bond motifs is 1. The molecule has 0 spiro atoms. The van der Waals surface area contributed by atoms with E-state index in [1.54, 1.807) is 4.90 Å². The molecule has 1 N–H and O–H groups in total. The maximum absolute atomic E-state index is 11.8.